The van der Waals surface area contributed by atoms with Gasteiger partial charge in [-0.05, 0) is 42.5 Å². The summed E-state index contributed by atoms with van der Waals surface area (Å²) in [7, 11) is -4.25. The first-order valence-corrected chi connectivity index (χ1v) is 10.7. The van der Waals surface area contributed by atoms with E-state index in [9.17, 15) is 41.4 Å². The normalized spacial score (nSPS) is 11.5. The molecule has 0 fully saturated rings. The fourth-order valence-corrected chi connectivity index (χ4v) is 3.85. The SMILES string of the molecule is O=[NH+]c1cc(C(=O)Nc2ccc(S(=O)(=O)Nc3cccc(C(F)(F)F)c3)cc2)cc([N+](=O)[O-])c1. The average molecular weight is 495 g/mol. The molecule has 0 heterocycles. The molecule has 0 atom stereocenters. The van der Waals surface area contributed by atoms with E-state index in [-0.39, 0.29) is 27.5 Å². The van der Waals surface area contributed by atoms with Crippen LogP contribution in [0.15, 0.2) is 71.6 Å². The van der Waals surface area contributed by atoms with Crippen LogP contribution in [0.2, 0.25) is 0 Å². The van der Waals surface area contributed by atoms with Crippen LogP contribution in [-0.4, -0.2) is 19.2 Å². The molecule has 0 aliphatic heterocycles. The zero-order chi connectivity index (χ0) is 25.1. The predicted molar refractivity (Wildman–Crippen MR) is 114 cm³/mol. The van der Waals surface area contributed by atoms with Gasteiger partial charge < -0.3 is 5.32 Å². The van der Waals surface area contributed by atoms with Gasteiger partial charge in [0.25, 0.3) is 27.3 Å². The van der Waals surface area contributed by atoms with Gasteiger partial charge >= 0.3 is 6.18 Å². The summed E-state index contributed by atoms with van der Waals surface area (Å²) in [6, 6.07) is 11.3. The number of nitrogens with one attached hydrogen (secondary N) is 3. The summed E-state index contributed by atoms with van der Waals surface area (Å²) in [5.74, 6) is -0.808. The van der Waals surface area contributed by atoms with Crippen LogP contribution in [0.3, 0.4) is 0 Å². The second-order valence-corrected chi connectivity index (χ2v) is 8.47. The summed E-state index contributed by atoms with van der Waals surface area (Å²) in [4.78, 5) is 33.1. The molecule has 0 aliphatic carbocycles. The van der Waals surface area contributed by atoms with Gasteiger partial charge in [-0.25, -0.2) is 8.42 Å². The van der Waals surface area contributed by atoms with Crippen molar-refractivity contribution in [3.8, 4) is 0 Å². The number of carbonyl (C=O) groups is 1. The predicted octanol–water partition coefficient (Wildman–Crippen LogP) is 3.15. The highest BCUT2D eigenvalue weighted by Crippen LogP contribution is 2.31. The van der Waals surface area contributed by atoms with Crippen molar-refractivity contribution < 1.29 is 36.5 Å². The molecule has 0 aromatic heterocycles. The molecular formula is C20H14F3N4O6S+. The minimum atomic E-state index is -4.65. The van der Waals surface area contributed by atoms with E-state index in [1.807, 2.05) is 4.72 Å². The summed E-state index contributed by atoms with van der Waals surface area (Å²) in [5, 5.41) is 14.8. The number of amides is 1. The Morgan fingerprint density at radius 1 is 0.971 bits per heavy atom. The number of halogens is 3. The van der Waals surface area contributed by atoms with Crippen LogP contribution >= 0.6 is 0 Å². The van der Waals surface area contributed by atoms with E-state index in [1.54, 1.807) is 0 Å². The molecule has 10 nitrogen and oxygen atoms in total. The molecule has 14 heteroatoms. The van der Waals surface area contributed by atoms with Crippen LogP contribution in [0.4, 0.5) is 35.9 Å². The van der Waals surface area contributed by atoms with Crippen LogP contribution < -0.4 is 15.2 Å². The molecule has 1 amide bonds. The lowest BCUT2D eigenvalue weighted by molar-refractivity contribution is -0.392. The number of non-ortho nitro benzene ring substituents is 1. The number of anilines is 2. The number of nitro groups is 1. The lowest BCUT2D eigenvalue weighted by Crippen LogP contribution is -2.55. The number of benzene rings is 3. The van der Waals surface area contributed by atoms with Gasteiger partial charge in [0.2, 0.25) is 0 Å². The van der Waals surface area contributed by atoms with Gasteiger partial charge in [-0.3, -0.25) is 19.6 Å². The number of nitroso groups, excluding NO2 is 1. The Kier molecular flexibility index (Phi) is 6.63. The van der Waals surface area contributed by atoms with E-state index in [0.717, 1.165) is 48.5 Å². The van der Waals surface area contributed by atoms with E-state index in [2.05, 4.69) is 5.32 Å². The summed E-state index contributed by atoms with van der Waals surface area (Å²) in [5.41, 5.74) is -2.10. The van der Waals surface area contributed by atoms with Gasteiger partial charge in [0.15, 0.2) is 0 Å². The first-order chi connectivity index (χ1) is 15.9. The number of nitro benzene ring substituents is 1. The van der Waals surface area contributed by atoms with Crippen LogP contribution in [0.25, 0.3) is 0 Å². The van der Waals surface area contributed by atoms with Crippen LogP contribution in [0, 0.1) is 15.0 Å². The number of rotatable bonds is 7. The Labute approximate surface area is 189 Å². The lowest BCUT2D eigenvalue weighted by atomic mass is 10.1. The van der Waals surface area contributed by atoms with E-state index in [1.165, 1.54) is 17.3 Å². The van der Waals surface area contributed by atoms with Crippen molar-refractivity contribution in [1.29, 1.82) is 0 Å². The first-order valence-electron chi connectivity index (χ1n) is 9.18. The molecule has 176 valence electrons. The van der Waals surface area contributed by atoms with Gasteiger partial charge in [0.1, 0.15) is 0 Å². The van der Waals surface area contributed by atoms with Crippen molar-refractivity contribution in [2.24, 2.45) is 0 Å². The van der Waals surface area contributed by atoms with Gasteiger partial charge in [0.05, 0.1) is 27.0 Å². The Balaban J connectivity index is 1.77. The minimum absolute atomic E-state index is 0.117. The molecule has 3 N–H and O–H groups in total. The molecule has 0 saturated carbocycles. The van der Waals surface area contributed by atoms with Crippen molar-refractivity contribution in [2.45, 2.75) is 11.1 Å². The third-order valence-electron chi connectivity index (χ3n) is 4.37. The van der Waals surface area contributed by atoms with E-state index in [0.29, 0.717) is 6.07 Å². The topological polar surface area (TPSA) is 149 Å². The Morgan fingerprint density at radius 3 is 2.24 bits per heavy atom. The number of hydrogen-bond donors (Lipinski definition) is 3. The molecular weight excluding hydrogens is 481 g/mol. The Hall–Kier alpha value is -4.33. The zero-order valence-corrected chi connectivity index (χ0v) is 17.6. The first kappa shape index (κ1) is 24.3. The van der Waals surface area contributed by atoms with Crippen molar-refractivity contribution in [3.63, 3.8) is 0 Å². The molecule has 0 aliphatic rings. The number of alkyl halides is 3. The highest BCUT2D eigenvalue weighted by atomic mass is 32.2. The summed E-state index contributed by atoms with van der Waals surface area (Å²) < 4.78 is 65.6. The maximum Gasteiger partial charge on any atom is 0.416 e. The maximum absolute atomic E-state index is 12.8. The quantitative estimate of drug-likeness (QED) is 0.339. The smallest absolute Gasteiger partial charge is 0.322 e. The zero-order valence-electron chi connectivity index (χ0n) is 16.8. The second kappa shape index (κ2) is 9.27. The van der Waals surface area contributed by atoms with E-state index >= 15 is 0 Å². The second-order valence-electron chi connectivity index (χ2n) is 6.79. The molecule has 0 bridgehead atoms. The lowest BCUT2D eigenvalue weighted by Gasteiger charge is -2.12. The fraction of sp³-hybridized carbons (Fsp3) is 0.0500. The van der Waals surface area contributed by atoms with E-state index < -0.39 is 38.3 Å². The largest absolute Gasteiger partial charge is 0.416 e. The molecule has 0 unspecified atom stereocenters. The number of sulfonamides is 1. The van der Waals surface area contributed by atoms with E-state index in [4.69, 9.17) is 0 Å². The standard InChI is InChI=1S/C20H13F3N4O6S/c21-20(22,23)13-2-1-3-15(10-13)26-34(32,33)18-6-4-14(5-7-18)24-19(28)12-8-16(25-29)11-17(9-12)27(30)31/h1-11,26H,(H,24,28)/p+1. The summed E-state index contributed by atoms with van der Waals surface area (Å²) in [6.45, 7) is 0. The minimum Gasteiger partial charge on any atom is -0.322 e. The summed E-state index contributed by atoms with van der Waals surface area (Å²) >= 11 is 0. The van der Waals surface area contributed by atoms with Gasteiger partial charge in [0, 0.05) is 33.6 Å². The van der Waals surface area contributed by atoms with Crippen LogP contribution in [0.5, 0.6) is 0 Å². The van der Waals surface area contributed by atoms with Gasteiger partial charge in [-0.15, -0.1) is 0 Å². The van der Waals surface area contributed by atoms with Crippen molar-refractivity contribution in [3.05, 3.63) is 92.9 Å². The average Bonchev–Trinajstić information content (AvgIpc) is 2.78. The number of hydrogen-bond acceptors (Lipinski definition) is 6. The monoisotopic (exact) mass is 495 g/mol. The molecule has 3 rings (SSSR count). The third kappa shape index (κ3) is 5.72. The molecule has 3 aromatic rings. The van der Waals surface area contributed by atoms with Gasteiger partial charge in [-0.2, -0.15) is 13.2 Å². The molecule has 0 saturated heterocycles. The van der Waals surface area contributed by atoms with Crippen molar-refractivity contribution >= 4 is 38.7 Å². The van der Waals surface area contributed by atoms with Crippen molar-refractivity contribution in [1.82, 2.24) is 0 Å². The third-order valence-corrected chi connectivity index (χ3v) is 5.77. The fourth-order valence-electron chi connectivity index (χ4n) is 2.80. The maximum atomic E-state index is 12.8. The summed E-state index contributed by atoms with van der Waals surface area (Å²) in [6.07, 6.45) is -4.65. The van der Waals surface area contributed by atoms with Gasteiger partial charge in [-0.1, -0.05) is 6.07 Å². The molecule has 3 aromatic carbocycles. The Bertz CT molecular complexity index is 1380. The molecule has 0 radical (unpaired) electrons. The number of nitrogens with zero attached hydrogens (tertiary/aromatic N) is 1. The highest BCUT2D eigenvalue weighted by Gasteiger charge is 2.30. The molecule has 0 spiro atoms. The Morgan fingerprint density at radius 2 is 1.65 bits per heavy atom. The van der Waals surface area contributed by atoms with Crippen LogP contribution in [0.1, 0.15) is 15.9 Å². The van der Waals surface area contributed by atoms with Crippen LogP contribution in [-0.2, 0) is 16.2 Å². The van der Waals surface area contributed by atoms with Crippen molar-refractivity contribution in [2.75, 3.05) is 10.0 Å². The number of carbonyl (C=O) groups excluding carboxylic acids is 1. The highest BCUT2D eigenvalue weighted by molar-refractivity contribution is 7.92. The molecule has 34 heavy (non-hydrogen) atoms.